The van der Waals surface area contributed by atoms with Crippen LogP contribution in [-0.4, -0.2) is 53.2 Å². The molecule has 0 amide bonds. The number of carbonyl (C=O) groups excluding carboxylic acids is 4. The van der Waals surface area contributed by atoms with Crippen LogP contribution >= 0.6 is 0 Å². The average molecular weight is 420 g/mol. The summed E-state index contributed by atoms with van der Waals surface area (Å²) >= 11 is 0. The molecule has 0 aromatic heterocycles. The molecule has 1 heterocycles. The molecule has 0 radical (unpaired) electrons. The summed E-state index contributed by atoms with van der Waals surface area (Å²) in [7, 11) is 0. The lowest BCUT2D eigenvalue weighted by Gasteiger charge is -2.56. The van der Waals surface area contributed by atoms with Crippen LogP contribution in [-0.2, 0) is 33.4 Å². The first kappa shape index (κ1) is 23.5. The zero-order valence-corrected chi connectivity index (χ0v) is 17.7. The molecule has 30 heavy (non-hydrogen) atoms. The molecule has 7 atom stereocenters. The van der Waals surface area contributed by atoms with E-state index < -0.39 is 59.1 Å². The molecule has 1 aliphatic carbocycles. The molecule has 0 aromatic rings. The van der Waals surface area contributed by atoms with Crippen molar-refractivity contribution in [1.82, 2.24) is 0 Å². The molecule has 0 aromatic carbocycles. The van der Waals surface area contributed by atoms with Gasteiger partial charge in [-0.05, 0) is 18.9 Å². The van der Waals surface area contributed by atoms with Gasteiger partial charge in [0.25, 0.3) is 0 Å². The predicted molar refractivity (Wildman–Crippen MR) is 106 cm³/mol. The largest absolute Gasteiger partial charge is 0.459 e. The molecular weight excluding hydrogens is 392 g/mol. The molecule has 8 nitrogen and oxygen atoms in total. The van der Waals surface area contributed by atoms with E-state index in [1.165, 1.54) is 19.9 Å². The van der Waals surface area contributed by atoms with Gasteiger partial charge in [-0.3, -0.25) is 9.59 Å². The highest BCUT2D eigenvalue weighted by atomic mass is 16.6. The van der Waals surface area contributed by atoms with Crippen LogP contribution in [0.25, 0.3) is 0 Å². The molecule has 2 rings (SSSR count). The minimum atomic E-state index is -1.80. The molecule has 0 spiro atoms. The normalized spacial score (nSPS) is 34.8. The first-order valence-corrected chi connectivity index (χ1v) is 9.63. The standard InChI is InChI=1S/C22H28O8/c1-8-21(6)15(11(3)10-23)16(29-20(26)22(7,27)9-2)14-12(4)19(25)30-18(21)17(14)28-13(5)24/h8,10,14-18,27H,1,3-4,9H2,2,5-7H3/t14-,15-,16-,17-,18-,21+,22+/m0/s1. The maximum Gasteiger partial charge on any atom is 0.338 e. The summed E-state index contributed by atoms with van der Waals surface area (Å²) in [5.41, 5.74) is -2.97. The number of hydrogen-bond acceptors (Lipinski definition) is 8. The average Bonchev–Trinajstić information content (AvgIpc) is 2.68. The molecule has 8 heteroatoms. The summed E-state index contributed by atoms with van der Waals surface area (Å²) in [6.45, 7) is 17.1. The maximum atomic E-state index is 12.7. The van der Waals surface area contributed by atoms with E-state index in [-0.39, 0.29) is 17.6 Å². The number of ether oxygens (including phenoxy) is 3. The van der Waals surface area contributed by atoms with Crippen LogP contribution in [0, 0.1) is 17.3 Å². The quantitative estimate of drug-likeness (QED) is 0.217. The first-order valence-electron chi connectivity index (χ1n) is 9.63. The van der Waals surface area contributed by atoms with E-state index in [1.54, 1.807) is 13.8 Å². The van der Waals surface area contributed by atoms with Crippen molar-refractivity contribution in [1.29, 1.82) is 0 Å². The number of aliphatic hydroxyl groups is 1. The molecule has 1 N–H and O–H groups in total. The highest BCUT2D eigenvalue weighted by molar-refractivity contribution is 5.90. The second-order valence-corrected chi connectivity index (χ2v) is 8.19. The molecule has 1 aliphatic heterocycles. The van der Waals surface area contributed by atoms with Crippen LogP contribution in [0.5, 0.6) is 0 Å². The van der Waals surface area contributed by atoms with Gasteiger partial charge in [0.2, 0.25) is 0 Å². The first-order chi connectivity index (χ1) is 13.8. The van der Waals surface area contributed by atoms with Crippen molar-refractivity contribution in [3.05, 3.63) is 37.0 Å². The van der Waals surface area contributed by atoms with E-state index in [0.717, 1.165) is 0 Å². The van der Waals surface area contributed by atoms with E-state index in [2.05, 4.69) is 19.7 Å². The Morgan fingerprint density at radius 2 is 1.93 bits per heavy atom. The molecule has 2 fully saturated rings. The van der Waals surface area contributed by atoms with Crippen molar-refractivity contribution >= 4 is 24.2 Å². The molecule has 0 unspecified atom stereocenters. The Bertz CT molecular complexity index is 810. The fourth-order valence-corrected chi connectivity index (χ4v) is 4.18. The van der Waals surface area contributed by atoms with Crippen molar-refractivity contribution in [3.63, 3.8) is 0 Å². The van der Waals surface area contributed by atoms with Gasteiger partial charge in [0.05, 0.1) is 5.92 Å². The summed E-state index contributed by atoms with van der Waals surface area (Å²) in [5.74, 6) is -4.18. The third kappa shape index (κ3) is 3.71. The van der Waals surface area contributed by atoms with Gasteiger partial charge < -0.3 is 19.3 Å². The van der Waals surface area contributed by atoms with Gasteiger partial charge in [0.15, 0.2) is 11.7 Å². The molecule has 1 saturated heterocycles. The highest BCUT2D eigenvalue weighted by Gasteiger charge is 2.65. The topological polar surface area (TPSA) is 116 Å². The van der Waals surface area contributed by atoms with Crippen molar-refractivity contribution in [2.75, 3.05) is 0 Å². The van der Waals surface area contributed by atoms with E-state index in [9.17, 15) is 24.3 Å². The number of fused-ring (bicyclic) bond motifs is 2. The van der Waals surface area contributed by atoms with Crippen LogP contribution in [0.4, 0.5) is 0 Å². The Hall–Kier alpha value is -2.74. The van der Waals surface area contributed by atoms with Gasteiger partial charge in [-0.25, -0.2) is 9.59 Å². The van der Waals surface area contributed by atoms with Gasteiger partial charge >= 0.3 is 17.9 Å². The van der Waals surface area contributed by atoms with E-state index in [0.29, 0.717) is 6.29 Å². The van der Waals surface area contributed by atoms with Gasteiger partial charge in [-0.2, -0.15) is 0 Å². The Morgan fingerprint density at radius 3 is 2.40 bits per heavy atom. The third-order valence-corrected chi connectivity index (χ3v) is 6.18. The minimum absolute atomic E-state index is 0.0683. The smallest absolute Gasteiger partial charge is 0.338 e. The van der Waals surface area contributed by atoms with Gasteiger partial charge in [-0.15, -0.1) is 6.58 Å². The lowest BCUT2D eigenvalue weighted by atomic mass is 9.55. The Labute approximate surface area is 175 Å². The fraction of sp³-hybridized carbons (Fsp3) is 0.545. The van der Waals surface area contributed by atoms with E-state index >= 15 is 0 Å². The lowest BCUT2D eigenvalue weighted by molar-refractivity contribution is -0.227. The van der Waals surface area contributed by atoms with Crippen LogP contribution in [0.3, 0.4) is 0 Å². The van der Waals surface area contributed by atoms with Crippen LogP contribution in [0.1, 0.15) is 34.1 Å². The number of hydrogen-bond donors (Lipinski definition) is 1. The van der Waals surface area contributed by atoms with E-state index in [4.69, 9.17) is 14.2 Å². The van der Waals surface area contributed by atoms with Gasteiger partial charge in [-0.1, -0.05) is 33.1 Å². The SMILES string of the molecule is C=C[C@@]1(C)[C@H]2OC(=O)C(=C)[C@H]([C@@H]2OC(C)=O)[C@H](OC(=O)[C@](C)(O)CC)[C@@H]1C(=C)C=O. The molecule has 1 saturated carbocycles. The van der Waals surface area contributed by atoms with Crippen LogP contribution in [0.15, 0.2) is 37.0 Å². The second kappa shape index (κ2) is 8.18. The second-order valence-electron chi connectivity index (χ2n) is 8.19. The minimum Gasteiger partial charge on any atom is -0.459 e. The number of esters is 3. The van der Waals surface area contributed by atoms with Crippen molar-refractivity contribution in [2.45, 2.75) is 58.0 Å². The lowest BCUT2D eigenvalue weighted by Crippen LogP contribution is -2.67. The number of aldehydes is 1. The van der Waals surface area contributed by atoms with E-state index in [1.807, 2.05) is 0 Å². The zero-order chi connectivity index (χ0) is 23.0. The molecule has 2 bridgehead atoms. The number of rotatable bonds is 7. The molecule has 164 valence electrons. The fourth-order valence-electron chi connectivity index (χ4n) is 4.18. The Kier molecular flexibility index (Phi) is 6.42. The summed E-state index contributed by atoms with van der Waals surface area (Å²) in [4.78, 5) is 48.7. The summed E-state index contributed by atoms with van der Waals surface area (Å²) < 4.78 is 16.7. The summed E-state index contributed by atoms with van der Waals surface area (Å²) in [5, 5.41) is 10.4. The summed E-state index contributed by atoms with van der Waals surface area (Å²) in [6.07, 6.45) is -1.17. The van der Waals surface area contributed by atoms with Gasteiger partial charge in [0.1, 0.15) is 18.5 Å². The maximum absolute atomic E-state index is 12.7. The summed E-state index contributed by atoms with van der Waals surface area (Å²) in [6, 6.07) is 0. The van der Waals surface area contributed by atoms with Crippen LogP contribution in [0.2, 0.25) is 0 Å². The highest BCUT2D eigenvalue weighted by Crippen LogP contribution is 2.54. The third-order valence-electron chi connectivity index (χ3n) is 6.18. The zero-order valence-electron chi connectivity index (χ0n) is 17.7. The Balaban J connectivity index is 2.71. The Morgan fingerprint density at radius 1 is 1.33 bits per heavy atom. The molecular formula is C22H28O8. The monoisotopic (exact) mass is 420 g/mol. The van der Waals surface area contributed by atoms with Crippen molar-refractivity contribution in [3.8, 4) is 0 Å². The van der Waals surface area contributed by atoms with Crippen molar-refractivity contribution < 1.29 is 38.5 Å². The molecule has 2 aliphatic rings. The predicted octanol–water partition coefficient (Wildman–Crippen LogP) is 1.67. The van der Waals surface area contributed by atoms with Crippen LogP contribution < -0.4 is 0 Å². The number of carbonyl (C=O) groups is 4. The van der Waals surface area contributed by atoms with Crippen molar-refractivity contribution in [2.24, 2.45) is 17.3 Å². The van der Waals surface area contributed by atoms with Gasteiger partial charge in [0, 0.05) is 23.8 Å².